The summed E-state index contributed by atoms with van der Waals surface area (Å²) in [4.78, 5) is 0. The maximum Gasteiger partial charge on any atom is 0.208 e. The van der Waals surface area contributed by atoms with Crippen molar-refractivity contribution < 1.29 is 9.47 Å². The first kappa shape index (κ1) is 18.1. The summed E-state index contributed by atoms with van der Waals surface area (Å²) in [5, 5.41) is 0. The maximum absolute atomic E-state index is 5.82. The SMILES string of the molecule is C=CCOC1(OCC=C)C=CC(c2ccc(-c3ccccc3)cc2)C=C1. The van der Waals surface area contributed by atoms with Crippen molar-refractivity contribution in [2.45, 2.75) is 11.7 Å². The third-order valence-corrected chi connectivity index (χ3v) is 4.33. The predicted octanol–water partition coefficient (Wildman–Crippen LogP) is 5.66. The van der Waals surface area contributed by atoms with Crippen molar-refractivity contribution in [2.75, 3.05) is 13.2 Å². The molecule has 0 N–H and O–H groups in total. The zero-order valence-electron chi connectivity index (χ0n) is 14.9. The van der Waals surface area contributed by atoms with E-state index in [0.717, 1.165) is 0 Å². The van der Waals surface area contributed by atoms with Crippen LogP contribution in [0.1, 0.15) is 11.5 Å². The molecule has 2 aromatic carbocycles. The fourth-order valence-electron chi connectivity index (χ4n) is 2.96. The molecular weight excluding hydrogens is 320 g/mol. The summed E-state index contributed by atoms with van der Waals surface area (Å²) in [6.45, 7) is 8.24. The highest BCUT2D eigenvalue weighted by atomic mass is 16.7. The minimum Gasteiger partial charge on any atom is -0.339 e. The Morgan fingerprint density at radius 3 is 1.85 bits per heavy atom. The van der Waals surface area contributed by atoms with Crippen LogP contribution >= 0.6 is 0 Å². The number of hydrogen-bond acceptors (Lipinski definition) is 2. The average molecular weight is 344 g/mol. The van der Waals surface area contributed by atoms with Gasteiger partial charge in [0.25, 0.3) is 0 Å². The fraction of sp³-hybridized carbons (Fsp3) is 0.167. The van der Waals surface area contributed by atoms with Gasteiger partial charge in [-0.3, -0.25) is 0 Å². The van der Waals surface area contributed by atoms with Gasteiger partial charge >= 0.3 is 0 Å². The molecule has 3 rings (SSSR count). The van der Waals surface area contributed by atoms with Gasteiger partial charge < -0.3 is 9.47 Å². The lowest BCUT2D eigenvalue weighted by Crippen LogP contribution is -2.33. The first-order chi connectivity index (χ1) is 12.8. The van der Waals surface area contributed by atoms with Crippen LogP contribution in [0.25, 0.3) is 11.1 Å². The van der Waals surface area contributed by atoms with E-state index in [1.54, 1.807) is 12.2 Å². The summed E-state index contributed by atoms with van der Waals surface area (Å²) in [5.41, 5.74) is 3.68. The van der Waals surface area contributed by atoms with E-state index < -0.39 is 5.79 Å². The normalized spacial score (nSPS) is 15.7. The van der Waals surface area contributed by atoms with Gasteiger partial charge in [0.05, 0.1) is 13.2 Å². The van der Waals surface area contributed by atoms with E-state index in [4.69, 9.17) is 9.47 Å². The van der Waals surface area contributed by atoms with E-state index in [2.05, 4.69) is 73.8 Å². The van der Waals surface area contributed by atoms with Crippen molar-refractivity contribution in [3.63, 3.8) is 0 Å². The molecule has 0 heterocycles. The Kier molecular flexibility index (Phi) is 6.00. The number of allylic oxidation sites excluding steroid dienone is 2. The van der Waals surface area contributed by atoms with E-state index in [0.29, 0.717) is 13.2 Å². The molecule has 0 aliphatic heterocycles. The molecule has 0 unspecified atom stereocenters. The molecule has 1 aliphatic rings. The topological polar surface area (TPSA) is 18.5 Å². The van der Waals surface area contributed by atoms with Gasteiger partial charge in [-0.25, -0.2) is 0 Å². The van der Waals surface area contributed by atoms with Crippen molar-refractivity contribution in [3.05, 3.63) is 110 Å². The lowest BCUT2D eigenvalue weighted by atomic mass is 9.91. The monoisotopic (exact) mass is 344 g/mol. The molecule has 0 bridgehead atoms. The van der Waals surface area contributed by atoms with E-state index in [1.807, 2.05) is 18.2 Å². The number of ether oxygens (including phenoxy) is 2. The Balaban J connectivity index is 1.74. The molecule has 0 saturated carbocycles. The summed E-state index contributed by atoms with van der Waals surface area (Å²) >= 11 is 0. The van der Waals surface area contributed by atoms with Crippen molar-refractivity contribution in [1.29, 1.82) is 0 Å². The quantitative estimate of drug-likeness (QED) is 0.454. The molecule has 0 atom stereocenters. The van der Waals surface area contributed by atoms with Gasteiger partial charge in [0, 0.05) is 5.92 Å². The molecule has 132 valence electrons. The highest BCUT2D eigenvalue weighted by Crippen LogP contribution is 2.31. The number of hydrogen-bond donors (Lipinski definition) is 0. The summed E-state index contributed by atoms with van der Waals surface area (Å²) in [6.07, 6.45) is 11.6. The number of rotatable bonds is 8. The fourth-order valence-corrected chi connectivity index (χ4v) is 2.96. The van der Waals surface area contributed by atoms with Crippen LogP contribution in [0.15, 0.2) is 104 Å². The molecule has 0 amide bonds. The smallest absolute Gasteiger partial charge is 0.208 e. The molecule has 1 aliphatic carbocycles. The largest absolute Gasteiger partial charge is 0.339 e. The van der Waals surface area contributed by atoms with Crippen LogP contribution in [0.3, 0.4) is 0 Å². The third-order valence-electron chi connectivity index (χ3n) is 4.33. The van der Waals surface area contributed by atoms with E-state index in [9.17, 15) is 0 Å². The highest BCUT2D eigenvalue weighted by molar-refractivity contribution is 5.63. The molecule has 0 spiro atoms. The minimum atomic E-state index is -0.844. The van der Waals surface area contributed by atoms with Crippen molar-refractivity contribution in [1.82, 2.24) is 0 Å². The molecule has 26 heavy (non-hydrogen) atoms. The molecule has 2 aromatic rings. The molecule has 2 nitrogen and oxygen atoms in total. The van der Waals surface area contributed by atoms with Crippen molar-refractivity contribution in [3.8, 4) is 11.1 Å². The van der Waals surface area contributed by atoms with Gasteiger partial charge in [-0.05, 0) is 28.8 Å². The molecular formula is C24H24O2. The zero-order chi connectivity index (χ0) is 18.2. The second kappa shape index (κ2) is 8.61. The van der Waals surface area contributed by atoms with Crippen molar-refractivity contribution in [2.24, 2.45) is 0 Å². The van der Waals surface area contributed by atoms with Gasteiger partial charge in [-0.15, -0.1) is 13.2 Å². The standard InChI is InChI=1S/C24H24O2/c1-3-18-25-24(26-19-4-2)16-14-23(15-17-24)22-12-10-21(11-13-22)20-8-6-5-7-9-20/h3-17,23H,1-2,18-19H2. The number of benzene rings is 2. The third kappa shape index (κ3) is 4.29. The Hall–Kier alpha value is -2.68. The van der Waals surface area contributed by atoms with Crippen LogP contribution in [0.5, 0.6) is 0 Å². The summed E-state index contributed by atoms with van der Waals surface area (Å²) in [5.74, 6) is -0.643. The van der Waals surface area contributed by atoms with Crippen LogP contribution in [0, 0.1) is 0 Å². The molecule has 0 saturated heterocycles. The average Bonchev–Trinajstić information content (AvgIpc) is 2.72. The van der Waals surface area contributed by atoms with Crippen LogP contribution in [-0.2, 0) is 9.47 Å². The molecule has 2 heteroatoms. The molecule has 0 aromatic heterocycles. The van der Waals surface area contributed by atoms with Crippen molar-refractivity contribution >= 4 is 0 Å². The Morgan fingerprint density at radius 1 is 0.769 bits per heavy atom. The van der Waals surface area contributed by atoms with Gasteiger partial charge in [-0.2, -0.15) is 0 Å². The van der Waals surface area contributed by atoms with Gasteiger partial charge in [0.15, 0.2) is 0 Å². The van der Waals surface area contributed by atoms with E-state index in [1.165, 1.54) is 16.7 Å². The van der Waals surface area contributed by atoms with Crippen LogP contribution in [0.2, 0.25) is 0 Å². The first-order valence-electron chi connectivity index (χ1n) is 8.80. The second-order valence-corrected chi connectivity index (χ2v) is 6.15. The Morgan fingerprint density at radius 2 is 1.31 bits per heavy atom. The van der Waals surface area contributed by atoms with Crippen LogP contribution in [0.4, 0.5) is 0 Å². The lowest BCUT2D eigenvalue weighted by molar-refractivity contribution is -0.157. The first-order valence-corrected chi connectivity index (χ1v) is 8.80. The Bertz CT molecular complexity index is 757. The second-order valence-electron chi connectivity index (χ2n) is 6.15. The van der Waals surface area contributed by atoms with E-state index >= 15 is 0 Å². The van der Waals surface area contributed by atoms with Crippen LogP contribution in [-0.4, -0.2) is 19.0 Å². The maximum atomic E-state index is 5.82. The van der Waals surface area contributed by atoms with Crippen LogP contribution < -0.4 is 0 Å². The molecule has 0 fully saturated rings. The highest BCUT2D eigenvalue weighted by Gasteiger charge is 2.28. The van der Waals surface area contributed by atoms with Gasteiger partial charge in [0.2, 0.25) is 5.79 Å². The Labute approximate surface area is 155 Å². The summed E-state index contributed by atoms with van der Waals surface area (Å²) < 4.78 is 11.6. The summed E-state index contributed by atoms with van der Waals surface area (Å²) in [7, 11) is 0. The zero-order valence-corrected chi connectivity index (χ0v) is 14.9. The lowest BCUT2D eigenvalue weighted by Gasteiger charge is -2.30. The minimum absolute atomic E-state index is 0.201. The van der Waals surface area contributed by atoms with Gasteiger partial charge in [-0.1, -0.05) is 78.9 Å². The molecule has 0 radical (unpaired) electrons. The predicted molar refractivity (Wildman–Crippen MR) is 108 cm³/mol. The van der Waals surface area contributed by atoms with Gasteiger partial charge in [0.1, 0.15) is 0 Å². The van der Waals surface area contributed by atoms with E-state index in [-0.39, 0.29) is 5.92 Å². The summed E-state index contributed by atoms with van der Waals surface area (Å²) in [6, 6.07) is 19.1.